The SMILES string of the molecule is CCOC(=O)c1ccc(N(C(=O)c2ccco2)[C@H](C(=O)NC2CCCC2)c2ccc(OCC)cc2)cc1. The maximum Gasteiger partial charge on any atom is 0.338 e. The van der Waals surface area contributed by atoms with Gasteiger partial charge in [0, 0.05) is 11.7 Å². The molecular weight excluding hydrogens is 472 g/mol. The van der Waals surface area contributed by atoms with E-state index in [1.807, 2.05) is 6.92 Å². The summed E-state index contributed by atoms with van der Waals surface area (Å²) in [6.07, 6.45) is 5.34. The summed E-state index contributed by atoms with van der Waals surface area (Å²) in [6, 6.07) is 15.9. The van der Waals surface area contributed by atoms with Gasteiger partial charge in [-0.15, -0.1) is 0 Å². The molecule has 2 amide bonds. The molecule has 1 aliphatic rings. The van der Waals surface area contributed by atoms with Crippen molar-refractivity contribution in [2.24, 2.45) is 0 Å². The second-order valence-electron chi connectivity index (χ2n) is 8.81. The molecule has 1 saturated carbocycles. The molecule has 1 aliphatic carbocycles. The second-order valence-corrected chi connectivity index (χ2v) is 8.81. The zero-order chi connectivity index (χ0) is 26.2. The average molecular weight is 505 g/mol. The molecule has 194 valence electrons. The molecule has 8 heteroatoms. The van der Waals surface area contributed by atoms with E-state index in [1.165, 1.54) is 11.2 Å². The Bertz CT molecular complexity index is 1180. The van der Waals surface area contributed by atoms with Crippen LogP contribution in [0.5, 0.6) is 5.75 Å². The van der Waals surface area contributed by atoms with Crippen LogP contribution in [0.25, 0.3) is 0 Å². The van der Waals surface area contributed by atoms with E-state index < -0.39 is 17.9 Å². The van der Waals surface area contributed by atoms with E-state index in [4.69, 9.17) is 13.9 Å². The van der Waals surface area contributed by atoms with Crippen LogP contribution in [-0.4, -0.2) is 37.0 Å². The lowest BCUT2D eigenvalue weighted by molar-refractivity contribution is -0.123. The van der Waals surface area contributed by atoms with Gasteiger partial charge >= 0.3 is 5.97 Å². The third-order valence-corrected chi connectivity index (χ3v) is 6.32. The van der Waals surface area contributed by atoms with Gasteiger partial charge in [-0.1, -0.05) is 25.0 Å². The minimum Gasteiger partial charge on any atom is -0.494 e. The summed E-state index contributed by atoms with van der Waals surface area (Å²) in [4.78, 5) is 41.2. The molecule has 4 rings (SSSR count). The monoisotopic (exact) mass is 504 g/mol. The van der Waals surface area contributed by atoms with Gasteiger partial charge in [0.2, 0.25) is 5.91 Å². The number of rotatable bonds is 10. The van der Waals surface area contributed by atoms with E-state index in [1.54, 1.807) is 67.6 Å². The first-order chi connectivity index (χ1) is 18.0. The van der Waals surface area contributed by atoms with E-state index in [0.717, 1.165) is 25.7 Å². The van der Waals surface area contributed by atoms with E-state index in [0.29, 0.717) is 29.2 Å². The zero-order valence-corrected chi connectivity index (χ0v) is 21.1. The topological polar surface area (TPSA) is 98.1 Å². The average Bonchev–Trinajstić information content (AvgIpc) is 3.63. The van der Waals surface area contributed by atoms with Crippen molar-refractivity contribution < 1.29 is 28.3 Å². The number of benzene rings is 2. The fourth-order valence-corrected chi connectivity index (χ4v) is 4.56. The van der Waals surface area contributed by atoms with Crippen LogP contribution < -0.4 is 15.0 Å². The Morgan fingerprint density at radius 2 is 1.68 bits per heavy atom. The Labute approximate surface area is 216 Å². The highest BCUT2D eigenvalue weighted by Crippen LogP contribution is 2.32. The number of carbonyl (C=O) groups is 3. The number of carbonyl (C=O) groups excluding carboxylic acids is 3. The number of ether oxygens (including phenoxy) is 2. The molecule has 8 nitrogen and oxygen atoms in total. The highest BCUT2D eigenvalue weighted by molar-refractivity contribution is 6.09. The summed E-state index contributed by atoms with van der Waals surface area (Å²) in [6.45, 7) is 4.40. The van der Waals surface area contributed by atoms with Crippen molar-refractivity contribution in [1.82, 2.24) is 5.32 Å². The number of anilines is 1. The van der Waals surface area contributed by atoms with Crippen LogP contribution in [0.15, 0.2) is 71.3 Å². The lowest BCUT2D eigenvalue weighted by atomic mass is 10.0. The van der Waals surface area contributed by atoms with E-state index in [9.17, 15) is 14.4 Å². The van der Waals surface area contributed by atoms with Crippen molar-refractivity contribution in [3.05, 3.63) is 83.8 Å². The summed E-state index contributed by atoms with van der Waals surface area (Å²) >= 11 is 0. The van der Waals surface area contributed by atoms with Gasteiger partial charge < -0.3 is 19.2 Å². The van der Waals surface area contributed by atoms with Crippen molar-refractivity contribution in [1.29, 1.82) is 0 Å². The molecule has 0 unspecified atom stereocenters. The van der Waals surface area contributed by atoms with Crippen molar-refractivity contribution in [2.75, 3.05) is 18.1 Å². The molecule has 37 heavy (non-hydrogen) atoms. The Balaban J connectivity index is 1.77. The highest BCUT2D eigenvalue weighted by Gasteiger charge is 2.36. The Hall–Kier alpha value is -4.07. The van der Waals surface area contributed by atoms with Gasteiger partial charge in [0.05, 0.1) is 25.0 Å². The minimum absolute atomic E-state index is 0.0597. The van der Waals surface area contributed by atoms with Crippen LogP contribution in [-0.2, 0) is 9.53 Å². The number of nitrogens with one attached hydrogen (secondary N) is 1. The number of hydrogen-bond donors (Lipinski definition) is 1. The molecule has 0 spiro atoms. The summed E-state index contributed by atoms with van der Waals surface area (Å²) < 4.78 is 16.1. The lowest BCUT2D eigenvalue weighted by Gasteiger charge is -2.32. The first kappa shape index (κ1) is 26.0. The maximum absolute atomic E-state index is 13.8. The second kappa shape index (κ2) is 12.3. The molecule has 0 aliphatic heterocycles. The van der Waals surface area contributed by atoms with E-state index in [2.05, 4.69) is 5.32 Å². The van der Waals surface area contributed by atoms with Gasteiger partial charge in [-0.3, -0.25) is 14.5 Å². The summed E-state index contributed by atoms with van der Waals surface area (Å²) in [5.41, 5.74) is 1.41. The van der Waals surface area contributed by atoms with Gasteiger partial charge in [-0.25, -0.2) is 4.79 Å². The predicted molar refractivity (Wildman–Crippen MR) is 139 cm³/mol. The quantitative estimate of drug-likeness (QED) is 0.376. The van der Waals surface area contributed by atoms with Gasteiger partial charge in [0.1, 0.15) is 11.8 Å². The molecule has 1 aromatic heterocycles. The van der Waals surface area contributed by atoms with Crippen LogP contribution in [0.2, 0.25) is 0 Å². The first-order valence-electron chi connectivity index (χ1n) is 12.7. The van der Waals surface area contributed by atoms with Gasteiger partial charge in [0.25, 0.3) is 5.91 Å². The standard InChI is InChI=1S/C29H32N2O6/c1-3-35-24-17-13-20(14-18-24)26(27(32)30-22-8-5-6-9-22)31(28(33)25-10-7-19-37-25)23-15-11-21(12-16-23)29(34)36-4-2/h7,10-19,22,26H,3-6,8-9H2,1-2H3,(H,30,32)/t26-/m0/s1. The molecule has 0 saturated heterocycles. The molecule has 0 radical (unpaired) electrons. The molecule has 3 aromatic rings. The Kier molecular flexibility index (Phi) is 8.61. The van der Waals surface area contributed by atoms with Crippen molar-refractivity contribution in [2.45, 2.75) is 51.6 Å². The fraction of sp³-hybridized carbons (Fsp3) is 0.345. The van der Waals surface area contributed by atoms with Crippen LogP contribution in [0.3, 0.4) is 0 Å². The predicted octanol–water partition coefficient (Wildman–Crippen LogP) is 5.30. The van der Waals surface area contributed by atoms with Crippen LogP contribution >= 0.6 is 0 Å². The Morgan fingerprint density at radius 3 is 2.27 bits per heavy atom. The zero-order valence-electron chi connectivity index (χ0n) is 21.1. The number of amides is 2. The normalized spacial score (nSPS) is 14.1. The molecule has 0 bridgehead atoms. The third kappa shape index (κ3) is 6.20. The smallest absolute Gasteiger partial charge is 0.338 e. The van der Waals surface area contributed by atoms with Crippen molar-refractivity contribution in [3.63, 3.8) is 0 Å². The molecule has 1 N–H and O–H groups in total. The number of nitrogens with zero attached hydrogens (tertiary/aromatic N) is 1. The Morgan fingerprint density at radius 1 is 0.973 bits per heavy atom. The highest BCUT2D eigenvalue weighted by atomic mass is 16.5. The number of furan rings is 1. The van der Waals surface area contributed by atoms with Crippen LogP contribution in [0.1, 0.15) is 72.0 Å². The number of esters is 1. The summed E-state index contributed by atoms with van der Waals surface area (Å²) in [7, 11) is 0. The number of hydrogen-bond acceptors (Lipinski definition) is 6. The van der Waals surface area contributed by atoms with E-state index in [-0.39, 0.29) is 24.3 Å². The fourth-order valence-electron chi connectivity index (χ4n) is 4.56. The largest absolute Gasteiger partial charge is 0.494 e. The van der Waals surface area contributed by atoms with Crippen molar-refractivity contribution in [3.8, 4) is 5.75 Å². The van der Waals surface area contributed by atoms with Gasteiger partial charge in [-0.05, 0) is 80.8 Å². The van der Waals surface area contributed by atoms with Gasteiger partial charge in [0.15, 0.2) is 5.76 Å². The lowest BCUT2D eigenvalue weighted by Crippen LogP contribution is -2.46. The molecular formula is C29H32N2O6. The molecule has 1 heterocycles. The van der Waals surface area contributed by atoms with Crippen LogP contribution in [0, 0.1) is 0 Å². The summed E-state index contributed by atoms with van der Waals surface area (Å²) in [5, 5.41) is 3.15. The summed E-state index contributed by atoms with van der Waals surface area (Å²) in [5.74, 6) is -0.456. The van der Waals surface area contributed by atoms with Gasteiger partial charge in [-0.2, -0.15) is 0 Å². The third-order valence-electron chi connectivity index (χ3n) is 6.32. The molecule has 1 fully saturated rings. The minimum atomic E-state index is -0.984. The first-order valence-corrected chi connectivity index (χ1v) is 12.7. The molecule has 1 atom stereocenters. The molecule has 2 aromatic carbocycles. The van der Waals surface area contributed by atoms with E-state index >= 15 is 0 Å². The van der Waals surface area contributed by atoms with Crippen LogP contribution in [0.4, 0.5) is 5.69 Å². The maximum atomic E-state index is 13.8. The van der Waals surface area contributed by atoms with Crippen molar-refractivity contribution >= 4 is 23.5 Å².